The van der Waals surface area contributed by atoms with Crippen molar-refractivity contribution in [3.63, 3.8) is 0 Å². The molecule has 1 aliphatic carbocycles. The van der Waals surface area contributed by atoms with E-state index in [1.165, 1.54) is 13.1 Å². The Bertz CT molecular complexity index is 179. The van der Waals surface area contributed by atoms with E-state index in [1.807, 2.05) is 0 Å². The van der Waals surface area contributed by atoms with Crippen LogP contribution in [-0.2, 0) is 0 Å². The molecule has 0 aromatic rings. The number of hydrogen-bond donors (Lipinski definition) is 1. The second-order valence-corrected chi connectivity index (χ2v) is 5.32. The van der Waals surface area contributed by atoms with Gasteiger partial charge in [0.25, 0.3) is 0 Å². The number of piperidine rings is 1. The zero-order valence-electron chi connectivity index (χ0n) is 7.52. The summed E-state index contributed by atoms with van der Waals surface area (Å²) in [7, 11) is 4.95. The maximum Gasteiger partial charge on any atom is 0.0271 e. The molecule has 0 spiro atoms. The largest absolute Gasteiger partial charge is 0.315 e. The van der Waals surface area contributed by atoms with E-state index in [4.69, 9.17) is 0 Å². The first-order valence-corrected chi connectivity index (χ1v) is 4.72. The van der Waals surface area contributed by atoms with Crippen LogP contribution >= 0.6 is 9.39 Å². The normalized spacial score (nSPS) is 54.8. The molecule has 1 saturated carbocycles. The average Bonchev–Trinajstić information content (AvgIpc) is 2.15. The van der Waals surface area contributed by atoms with Crippen LogP contribution in [0.5, 0.6) is 0 Å². The molecule has 1 N–H and O–H groups in total. The summed E-state index contributed by atoms with van der Waals surface area (Å²) < 4.78 is 2.29. The van der Waals surface area contributed by atoms with Crippen molar-refractivity contribution < 1.29 is 0 Å². The summed E-state index contributed by atoms with van der Waals surface area (Å²) >= 11 is 0. The minimum Gasteiger partial charge on any atom is -0.315 e. The van der Waals surface area contributed by atoms with Crippen LogP contribution in [0.1, 0.15) is 13.8 Å². The van der Waals surface area contributed by atoms with Gasteiger partial charge in [0.2, 0.25) is 0 Å². The van der Waals surface area contributed by atoms with E-state index in [0.717, 1.165) is 6.04 Å². The minimum absolute atomic E-state index is 0.531. The zero-order chi connectivity index (χ0) is 8.28. The van der Waals surface area contributed by atoms with Crippen LogP contribution in [0.25, 0.3) is 0 Å². The first-order valence-electron chi connectivity index (χ1n) is 4.21. The Morgan fingerprint density at radius 3 is 2.09 bits per heavy atom. The number of fused-ring (bicyclic) bond motifs is 1. The Labute approximate surface area is 71.0 Å². The van der Waals surface area contributed by atoms with Crippen molar-refractivity contribution in [3.05, 3.63) is 0 Å². The van der Waals surface area contributed by atoms with E-state index >= 15 is 0 Å². The van der Waals surface area contributed by atoms with Gasteiger partial charge in [0.15, 0.2) is 0 Å². The van der Waals surface area contributed by atoms with Gasteiger partial charge < -0.3 is 5.32 Å². The summed E-state index contributed by atoms with van der Waals surface area (Å²) in [6.07, 6.45) is 0. The Morgan fingerprint density at radius 2 is 1.82 bits per heavy atom. The van der Waals surface area contributed by atoms with Crippen LogP contribution in [0.2, 0.25) is 0 Å². The molecule has 4 atom stereocenters. The lowest BCUT2D eigenvalue weighted by atomic mass is 10.0. The molecule has 0 radical (unpaired) electrons. The van der Waals surface area contributed by atoms with Crippen LogP contribution < -0.4 is 5.32 Å². The molecule has 2 nitrogen and oxygen atoms in total. The Morgan fingerprint density at radius 1 is 1.36 bits per heavy atom. The Hall–Kier alpha value is 0.350. The van der Waals surface area contributed by atoms with Gasteiger partial charge in [-0.1, -0.05) is 23.2 Å². The molecular formula is C8H17N2P. The predicted octanol–water partition coefficient (Wildman–Crippen LogP) is 0.706. The molecule has 2 unspecified atom stereocenters. The Balaban J connectivity index is 2.21. The maximum atomic E-state index is 3.45. The highest BCUT2D eigenvalue weighted by Gasteiger charge is 2.73. The lowest BCUT2D eigenvalue weighted by Crippen LogP contribution is -2.28. The molecular weight excluding hydrogens is 155 g/mol. The SMILES string of the molecule is CN(P)C1[C@]2(C)CNC[C@]12C. The molecule has 2 fully saturated rings. The lowest BCUT2D eigenvalue weighted by Gasteiger charge is -2.16. The fourth-order valence-corrected chi connectivity index (χ4v) is 3.66. The van der Waals surface area contributed by atoms with Crippen LogP contribution in [0.3, 0.4) is 0 Å². The molecule has 64 valence electrons. The lowest BCUT2D eigenvalue weighted by molar-refractivity contribution is 0.406. The average molecular weight is 172 g/mol. The van der Waals surface area contributed by atoms with Crippen molar-refractivity contribution in [1.29, 1.82) is 0 Å². The molecule has 1 heterocycles. The van der Waals surface area contributed by atoms with Crippen molar-refractivity contribution >= 4 is 9.39 Å². The first kappa shape index (κ1) is 7.97. The van der Waals surface area contributed by atoms with E-state index in [-0.39, 0.29) is 0 Å². The second kappa shape index (κ2) is 1.99. The van der Waals surface area contributed by atoms with Gasteiger partial charge in [0.05, 0.1) is 0 Å². The van der Waals surface area contributed by atoms with E-state index in [9.17, 15) is 0 Å². The molecule has 2 aliphatic rings. The van der Waals surface area contributed by atoms with Gasteiger partial charge in [-0.05, 0) is 7.05 Å². The van der Waals surface area contributed by atoms with Gasteiger partial charge in [-0.15, -0.1) is 0 Å². The number of nitrogens with zero attached hydrogens (tertiary/aromatic N) is 1. The molecule has 0 amide bonds. The molecule has 11 heavy (non-hydrogen) atoms. The third kappa shape index (κ3) is 0.734. The van der Waals surface area contributed by atoms with E-state index in [1.54, 1.807) is 0 Å². The molecule has 0 aromatic carbocycles. The van der Waals surface area contributed by atoms with Gasteiger partial charge in [-0.2, -0.15) is 0 Å². The zero-order valence-corrected chi connectivity index (χ0v) is 8.67. The highest BCUT2D eigenvalue weighted by atomic mass is 31.0. The van der Waals surface area contributed by atoms with Crippen molar-refractivity contribution in [2.24, 2.45) is 10.8 Å². The fourth-order valence-electron chi connectivity index (χ4n) is 3.00. The standard InChI is InChI=1S/C8H17N2P/c1-7-4-9-5-8(7,2)6(7)10(3)11/h6,9H,4-5,11H2,1-3H3/t6?,7-,8+. The van der Waals surface area contributed by atoms with Gasteiger partial charge in [0, 0.05) is 30.0 Å². The smallest absolute Gasteiger partial charge is 0.0271 e. The summed E-state index contributed by atoms with van der Waals surface area (Å²) in [5.74, 6) is 0. The summed E-state index contributed by atoms with van der Waals surface area (Å²) in [6, 6.07) is 0.765. The second-order valence-electron chi connectivity index (χ2n) is 4.51. The first-order chi connectivity index (χ1) is 5.02. The predicted molar refractivity (Wildman–Crippen MR) is 50.3 cm³/mol. The van der Waals surface area contributed by atoms with Gasteiger partial charge in [-0.25, -0.2) is 0 Å². The highest BCUT2D eigenvalue weighted by molar-refractivity contribution is 7.13. The highest BCUT2D eigenvalue weighted by Crippen LogP contribution is 2.67. The third-order valence-corrected chi connectivity index (χ3v) is 4.12. The Kier molecular flexibility index (Phi) is 1.44. The van der Waals surface area contributed by atoms with E-state index < -0.39 is 0 Å². The molecule has 1 aliphatic heterocycles. The van der Waals surface area contributed by atoms with Gasteiger partial charge >= 0.3 is 0 Å². The van der Waals surface area contributed by atoms with Crippen molar-refractivity contribution in [3.8, 4) is 0 Å². The van der Waals surface area contributed by atoms with Crippen molar-refractivity contribution in [2.75, 3.05) is 20.1 Å². The molecule has 3 heteroatoms. The van der Waals surface area contributed by atoms with Gasteiger partial charge in [-0.3, -0.25) is 4.67 Å². The van der Waals surface area contributed by atoms with Crippen molar-refractivity contribution in [1.82, 2.24) is 9.99 Å². The maximum absolute atomic E-state index is 3.45. The van der Waals surface area contributed by atoms with Crippen LogP contribution in [-0.4, -0.2) is 30.8 Å². The summed E-state index contributed by atoms with van der Waals surface area (Å²) in [5.41, 5.74) is 1.06. The number of hydrogen-bond acceptors (Lipinski definition) is 2. The monoisotopic (exact) mass is 172 g/mol. The molecule has 0 bridgehead atoms. The van der Waals surface area contributed by atoms with Crippen LogP contribution in [0.15, 0.2) is 0 Å². The molecule has 0 aromatic heterocycles. The molecule has 2 rings (SSSR count). The van der Waals surface area contributed by atoms with Crippen LogP contribution in [0.4, 0.5) is 0 Å². The number of rotatable bonds is 1. The summed E-state index contributed by atoms with van der Waals surface area (Å²) in [6.45, 7) is 7.15. The number of nitrogens with one attached hydrogen (secondary N) is 1. The molecule has 1 saturated heterocycles. The van der Waals surface area contributed by atoms with E-state index in [0.29, 0.717) is 10.8 Å². The minimum atomic E-state index is 0.531. The van der Waals surface area contributed by atoms with Crippen LogP contribution in [0, 0.1) is 10.8 Å². The third-order valence-electron chi connectivity index (χ3n) is 3.82. The summed E-state index contributed by atoms with van der Waals surface area (Å²) in [4.78, 5) is 0. The van der Waals surface area contributed by atoms with Gasteiger partial charge in [0.1, 0.15) is 0 Å². The fraction of sp³-hybridized carbons (Fsp3) is 1.00. The van der Waals surface area contributed by atoms with Crippen molar-refractivity contribution in [2.45, 2.75) is 19.9 Å². The topological polar surface area (TPSA) is 15.3 Å². The summed E-state index contributed by atoms with van der Waals surface area (Å²) in [5, 5.41) is 3.45. The van der Waals surface area contributed by atoms with E-state index in [2.05, 4.69) is 40.3 Å². The quantitative estimate of drug-likeness (QED) is 0.586.